The Hall–Kier alpha value is -1.73. The van der Waals surface area contributed by atoms with Gasteiger partial charge in [0.15, 0.2) is 0 Å². The van der Waals surface area contributed by atoms with Crippen LogP contribution in [-0.2, 0) is 11.3 Å². The van der Waals surface area contributed by atoms with Gasteiger partial charge in [-0.2, -0.15) is 0 Å². The number of hydrogen-bond acceptors (Lipinski definition) is 5. The second-order valence-electron chi connectivity index (χ2n) is 5.57. The van der Waals surface area contributed by atoms with Gasteiger partial charge in [-0.3, -0.25) is 14.2 Å². The summed E-state index contributed by atoms with van der Waals surface area (Å²) in [4.78, 5) is 35.0. The maximum Gasteiger partial charge on any atom is 0.262 e. The number of fused-ring (bicyclic) bond motifs is 1. The highest BCUT2D eigenvalue weighted by Crippen LogP contribution is 2.19. The smallest absolute Gasteiger partial charge is 0.262 e. The molecule has 0 radical (unpaired) electrons. The van der Waals surface area contributed by atoms with Crippen LogP contribution in [0.4, 0.5) is 0 Å². The third kappa shape index (κ3) is 2.91. The van der Waals surface area contributed by atoms with E-state index < -0.39 is 0 Å². The third-order valence-electron chi connectivity index (χ3n) is 4.12. The summed E-state index contributed by atoms with van der Waals surface area (Å²) in [5.41, 5.74) is -0.130. The molecule has 0 bridgehead atoms. The van der Waals surface area contributed by atoms with Gasteiger partial charge in [0.05, 0.1) is 11.7 Å². The summed E-state index contributed by atoms with van der Waals surface area (Å²) in [5.74, 6) is -0.00838. The zero-order valence-corrected chi connectivity index (χ0v) is 13.7. The molecule has 7 heteroatoms. The van der Waals surface area contributed by atoms with E-state index in [1.54, 1.807) is 0 Å². The number of carbonyl (C=O) groups is 1. The van der Waals surface area contributed by atoms with Gasteiger partial charge in [0, 0.05) is 31.1 Å². The molecule has 1 aliphatic rings. The Kier molecular flexibility index (Phi) is 4.26. The van der Waals surface area contributed by atoms with E-state index in [0.29, 0.717) is 5.39 Å². The molecule has 0 unspecified atom stereocenters. The number of aryl methyl sites for hydroxylation is 1. The minimum Gasteiger partial charge on any atom is -0.339 e. The molecule has 0 N–H and O–H groups in total. The number of rotatable bonds is 3. The van der Waals surface area contributed by atoms with Crippen LogP contribution in [0.3, 0.4) is 0 Å². The Bertz CT molecular complexity index is 744. The van der Waals surface area contributed by atoms with Crippen LogP contribution < -0.4 is 5.56 Å². The van der Waals surface area contributed by atoms with Crippen LogP contribution in [0, 0.1) is 6.92 Å². The molecular formula is C15H20N4O2S. The highest BCUT2D eigenvalue weighted by atomic mass is 32.1. The maximum atomic E-state index is 12.4. The van der Waals surface area contributed by atoms with Crippen molar-refractivity contribution >= 4 is 27.5 Å². The molecular weight excluding hydrogens is 300 g/mol. The summed E-state index contributed by atoms with van der Waals surface area (Å²) in [6, 6.07) is 1.84. The maximum absolute atomic E-state index is 12.4. The summed E-state index contributed by atoms with van der Waals surface area (Å²) in [7, 11) is 0. The van der Waals surface area contributed by atoms with Crippen LogP contribution in [0.2, 0.25) is 0 Å². The van der Waals surface area contributed by atoms with Gasteiger partial charge in [0.25, 0.3) is 5.56 Å². The van der Waals surface area contributed by atoms with Crippen molar-refractivity contribution in [2.75, 3.05) is 32.7 Å². The van der Waals surface area contributed by atoms with Crippen molar-refractivity contribution in [1.29, 1.82) is 0 Å². The van der Waals surface area contributed by atoms with Gasteiger partial charge in [0.2, 0.25) is 5.91 Å². The fraction of sp³-hybridized carbons (Fsp3) is 0.533. The quantitative estimate of drug-likeness (QED) is 0.844. The largest absolute Gasteiger partial charge is 0.339 e. The molecule has 0 saturated carbocycles. The Labute approximate surface area is 133 Å². The lowest BCUT2D eigenvalue weighted by Crippen LogP contribution is -2.49. The molecule has 0 aliphatic carbocycles. The van der Waals surface area contributed by atoms with Crippen LogP contribution in [0.1, 0.15) is 11.8 Å². The van der Waals surface area contributed by atoms with Crippen molar-refractivity contribution in [3.05, 3.63) is 27.6 Å². The summed E-state index contributed by atoms with van der Waals surface area (Å²) in [6.07, 6.45) is 1.49. The molecule has 0 atom stereocenters. The topological polar surface area (TPSA) is 58.4 Å². The van der Waals surface area contributed by atoms with Crippen molar-refractivity contribution < 1.29 is 4.79 Å². The first kappa shape index (κ1) is 15.2. The second kappa shape index (κ2) is 6.18. The summed E-state index contributed by atoms with van der Waals surface area (Å²) < 4.78 is 1.42. The Morgan fingerprint density at radius 1 is 1.32 bits per heavy atom. The second-order valence-corrected chi connectivity index (χ2v) is 6.80. The molecule has 1 aliphatic heterocycles. The van der Waals surface area contributed by atoms with Gasteiger partial charge < -0.3 is 9.80 Å². The molecule has 3 rings (SSSR count). The lowest BCUT2D eigenvalue weighted by atomic mass is 10.3. The van der Waals surface area contributed by atoms with Crippen molar-refractivity contribution in [3.8, 4) is 0 Å². The van der Waals surface area contributed by atoms with Crippen molar-refractivity contribution in [1.82, 2.24) is 19.4 Å². The first-order valence-electron chi connectivity index (χ1n) is 7.54. The first-order chi connectivity index (χ1) is 10.6. The summed E-state index contributed by atoms with van der Waals surface area (Å²) in [5, 5.41) is 0.605. The fourth-order valence-electron chi connectivity index (χ4n) is 2.75. The number of likely N-dealkylation sites (N-methyl/N-ethyl adjacent to an activating group) is 1. The van der Waals surface area contributed by atoms with E-state index in [-0.39, 0.29) is 18.0 Å². The van der Waals surface area contributed by atoms with Crippen LogP contribution in [-0.4, -0.2) is 58.0 Å². The van der Waals surface area contributed by atoms with Crippen molar-refractivity contribution in [3.63, 3.8) is 0 Å². The van der Waals surface area contributed by atoms with E-state index in [4.69, 9.17) is 0 Å². The number of carbonyl (C=O) groups excluding carboxylic acids is 1. The minimum atomic E-state index is -0.130. The first-order valence-corrected chi connectivity index (χ1v) is 8.36. The molecule has 1 fully saturated rings. The number of thiophene rings is 1. The SMILES string of the molecule is CCN1CCN(C(=O)Cn2cnc3sc(C)cc3c2=O)CC1. The molecule has 3 heterocycles. The molecule has 0 spiro atoms. The standard InChI is InChI=1S/C15H20N4O2S/c1-3-17-4-6-18(7-5-17)13(20)9-19-10-16-14-12(15(19)21)8-11(2)22-14/h8,10H,3-7,9H2,1-2H3. The van der Waals surface area contributed by atoms with E-state index >= 15 is 0 Å². The van der Waals surface area contributed by atoms with Crippen molar-refractivity contribution in [2.24, 2.45) is 0 Å². The normalized spacial score (nSPS) is 16.4. The van der Waals surface area contributed by atoms with Crippen LogP contribution >= 0.6 is 11.3 Å². The molecule has 6 nitrogen and oxygen atoms in total. The Balaban J connectivity index is 1.74. The number of aromatic nitrogens is 2. The molecule has 1 amide bonds. The monoisotopic (exact) mass is 320 g/mol. The predicted octanol–water partition coefficient (Wildman–Crippen LogP) is 0.931. The van der Waals surface area contributed by atoms with E-state index in [9.17, 15) is 9.59 Å². The lowest BCUT2D eigenvalue weighted by Gasteiger charge is -2.34. The van der Waals surface area contributed by atoms with E-state index in [0.717, 1.165) is 42.4 Å². The van der Waals surface area contributed by atoms with E-state index in [2.05, 4.69) is 16.8 Å². The van der Waals surface area contributed by atoms with Crippen LogP contribution in [0.15, 0.2) is 17.2 Å². The Morgan fingerprint density at radius 2 is 2.05 bits per heavy atom. The summed E-state index contributed by atoms with van der Waals surface area (Å²) >= 11 is 1.50. The zero-order chi connectivity index (χ0) is 15.7. The highest BCUT2D eigenvalue weighted by molar-refractivity contribution is 7.18. The minimum absolute atomic E-state index is 0.00838. The van der Waals surface area contributed by atoms with E-state index in [1.807, 2.05) is 17.9 Å². The molecule has 22 heavy (non-hydrogen) atoms. The van der Waals surface area contributed by atoms with Crippen LogP contribution in [0.25, 0.3) is 10.2 Å². The van der Waals surface area contributed by atoms with Crippen LogP contribution in [0.5, 0.6) is 0 Å². The fourth-order valence-corrected chi connectivity index (χ4v) is 3.59. The number of nitrogens with zero attached hydrogens (tertiary/aromatic N) is 4. The molecule has 118 valence electrons. The molecule has 1 saturated heterocycles. The Morgan fingerprint density at radius 3 is 2.73 bits per heavy atom. The predicted molar refractivity (Wildman–Crippen MR) is 87.3 cm³/mol. The molecule has 0 aromatic carbocycles. The van der Waals surface area contributed by atoms with Gasteiger partial charge in [-0.15, -0.1) is 11.3 Å². The average Bonchev–Trinajstić information content (AvgIpc) is 2.91. The van der Waals surface area contributed by atoms with Gasteiger partial charge in [0.1, 0.15) is 11.4 Å². The molecule has 2 aromatic heterocycles. The van der Waals surface area contributed by atoms with Gasteiger partial charge in [-0.05, 0) is 19.5 Å². The van der Waals surface area contributed by atoms with Gasteiger partial charge in [-0.25, -0.2) is 4.98 Å². The zero-order valence-electron chi connectivity index (χ0n) is 12.9. The number of piperazine rings is 1. The third-order valence-corrected chi connectivity index (χ3v) is 5.08. The van der Waals surface area contributed by atoms with E-state index in [1.165, 1.54) is 22.2 Å². The van der Waals surface area contributed by atoms with Crippen molar-refractivity contribution in [2.45, 2.75) is 20.4 Å². The van der Waals surface area contributed by atoms with Gasteiger partial charge >= 0.3 is 0 Å². The van der Waals surface area contributed by atoms with Gasteiger partial charge in [-0.1, -0.05) is 6.92 Å². The summed E-state index contributed by atoms with van der Waals surface area (Å²) in [6.45, 7) is 8.43. The molecule has 2 aromatic rings. The lowest BCUT2D eigenvalue weighted by molar-refractivity contribution is -0.133. The highest BCUT2D eigenvalue weighted by Gasteiger charge is 2.21. The number of amides is 1. The number of hydrogen-bond donors (Lipinski definition) is 0. The average molecular weight is 320 g/mol.